The number of esters is 1. The third-order valence-electron chi connectivity index (χ3n) is 6.24. The molecule has 1 aliphatic heterocycles. The number of fused-ring (bicyclic) bond motifs is 2. The number of aromatic hydroxyl groups is 1. The molecule has 2 N–H and O–H groups in total. The Labute approximate surface area is 179 Å². The summed E-state index contributed by atoms with van der Waals surface area (Å²) in [7, 11) is 1.44. The van der Waals surface area contributed by atoms with Crippen molar-refractivity contribution < 1.29 is 19.4 Å². The Hall–Kier alpha value is -3.42. The number of nitrogens with one attached hydrogen (secondary N) is 1. The number of aromatic nitrogens is 3. The first-order valence-electron chi connectivity index (χ1n) is 10.6. The normalized spacial score (nSPS) is 20.2. The second-order valence-electron chi connectivity index (χ2n) is 8.08. The number of hydrogen-bond donors (Lipinski definition) is 2. The third-order valence-corrected chi connectivity index (χ3v) is 6.24. The summed E-state index contributed by atoms with van der Waals surface area (Å²) in [4.78, 5) is 16.2. The minimum absolute atomic E-state index is 0.0954. The molecule has 0 amide bonds. The fourth-order valence-electron chi connectivity index (χ4n) is 4.65. The summed E-state index contributed by atoms with van der Waals surface area (Å²) in [6.45, 7) is 0.567. The van der Waals surface area contributed by atoms with Crippen LogP contribution in [0.15, 0.2) is 30.6 Å². The molecule has 160 valence electrons. The molecule has 8 nitrogen and oxygen atoms in total. The van der Waals surface area contributed by atoms with Gasteiger partial charge in [0.25, 0.3) is 0 Å². The molecular weight excluding hydrogens is 396 g/mol. The first-order chi connectivity index (χ1) is 15.2. The molecule has 31 heavy (non-hydrogen) atoms. The average Bonchev–Trinajstić information content (AvgIpc) is 3.29. The van der Waals surface area contributed by atoms with Gasteiger partial charge in [0.2, 0.25) is 0 Å². The second kappa shape index (κ2) is 8.02. The van der Waals surface area contributed by atoms with Crippen LogP contribution in [0, 0.1) is 5.92 Å². The van der Waals surface area contributed by atoms with Gasteiger partial charge >= 0.3 is 5.97 Å². The molecule has 0 saturated heterocycles. The van der Waals surface area contributed by atoms with Crippen molar-refractivity contribution in [3.63, 3.8) is 0 Å². The topological polar surface area (TPSA) is 106 Å². The maximum absolute atomic E-state index is 12.0. The summed E-state index contributed by atoms with van der Waals surface area (Å²) in [6, 6.07) is 5.68. The molecule has 1 saturated carbocycles. The number of rotatable bonds is 4. The van der Waals surface area contributed by atoms with Gasteiger partial charge in [-0.25, -0.2) is 0 Å². The van der Waals surface area contributed by atoms with E-state index in [1.54, 1.807) is 12.4 Å². The first-order valence-corrected chi connectivity index (χ1v) is 10.6. The molecule has 2 aliphatic rings. The molecule has 2 atom stereocenters. The van der Waals surface area contributed by atoms with E-state index in [1.165, 1.54) is 7.11 Å². The van der Waals surface area contributed by atoms with Crippen LogP contribution in [-0.4, -0.2) is 46.0 Å². The highest BCUT2D eigenvalue weighted by atomic mass is 16.5. The second-order valence-corrected chi connectivity index (χ2v) is 8.08. The van der Waals surface area contributed by atoms with Crippen molar-refractivity contribution in [3.05, 3.63) is 36.2 Å². The molecule has 3 aromatic rings. The van der Waals surface area contributed by atoms with E-state index in [-0.39, 0.29) is 23.7 Å². The van der Waals surface area contributed by atoms with Gasteiger partial charge in [0.05, 0.1) is 19.6 Å². The Morgan fingerprint density at radius 1 is 1.23 bits per heavy atom. The average molecular weight is 420 g/mol. The molecule has 8 heteroatoms. The van der Waals surface area contributed by atoms with Gasteiger partial charge in [-0.3, -0.25) is 9.78 Å². The number of ether oxygens (including phenoxy) is 2. The molecule has 0 bridgehead atoms. The first kappa shape index (κ1) is 19.5. The van der Waals surface area contributed by atoms with E-state index in [4.69, 9.17) is 9.47 Å². The standard InChI is InChI=1S/C23H24N4O4/c1-30-23(29)13-3-2-4-14(11-13)25-22-15-7-9-24-12-18(15)20(26-27-22)17-5-6-19-16(21(17)28)8-10-31-19/h5-7,9,12-14,28H,2-4,8,10-11H2,1H3,(H,25,27)/t13-,14+/m1/s1. The lowest BCUT2D eigenvalue weighted by Crippen LogP contribution is -2.32. The molecule has 1 fully saturated rings. The summed E-state index contributed by atoms with van der Waals surface area (Å²) in [5.41, 5.74) is 2.00. The summed E-state index contributed by atoms with van der Waals surface area (Å²) in [6.07, 6.45) is 7.58. The number of benzene rings is 1. The highest BCUT2D eigenvalue weighted by Gasteiger charge is 2.29. The van der Waals surface area contributed by atoms with Crippen LogP contribution in [0.2, 0.25) is 0 Å². The molecule has 1 aromatic carbocycles. The summed E-state index contributed by atoms with van der Waals surface area (Å²) in [5.74, 6) is 1.30. The van der Waals surface area contributed by atoms with Gasteiger partial charge in [0.1, 0.15) is 17.2 Å². The van der Waals surface area contributed by atoms with Gasteiger partial charge < -0.3 is 19.9 Å². The number of methoxy groups -OCH3 is 1. The smallest absolute Gasteiger partial charge is 0.308 e. The van der Waals surface area contributed by atoms with Gasteiger partial charge in [-0.05, 0) is 37.5 Å². The van der Waals surface area contributed by atoms with Crippen molar-refractivity contribution in [2.75, 3.05) is 19.0 Å². The fraction of sp³-hybridized carbons (Fsp3) is 0.391. The number of nitrogens with zero attached hydrogens (tertiary/aromatic N) is 3. The van der Waals surface area contributed by atoms with Crippen LogP contribution < -0.4 is 10.1 Å². The zero-order valence-electron chi connectivity index (χ0n) is 17.3. The van der Waals surface area contributed by atoms with Gasteiger partial charge in [-0.2, -0.15) is 0 Å². The van der Waals surface area contributed by atoms with Crippen molar-refractivity contribution in [3.8, 4) is 22.8 Å². The van der Waals surface area contributed by atoms with Crippen molar-refractivity contribution in [2.45, 2.75) is 38.1 Å². The number of hydrogen-bond acceptors (Lipinski definition) is 8. The quantitative estimate of drug-likeness (QED) is 0.618. The Balaban J connectivity index is 1.50. The summed E-state index contributed by atoms with van der Waals surface area (Å²) < 4.78 is 10.5. The van der Waals surface area contributed by atoms with Crippen molar-refractivity contribution in [1.29, 1.82) is 0 Å². The molecular formula is C23H24N4O4. The van der Waals surface area contributed by atoms with Crippen LogP contribution in [0.25, 0.3) is 22.0 Å². The van der Waals surface area contributed by atoms with E-state index in [1.807, 2.05) is 18.2 Å². The van der Waals surface area contributed by atoms with E-state index in [0.29, 0.717) is 42.3 Å². The molecule has 0 spiro atoms. The number of phenolic OH excluding ortho intramolecular Hbond substituents is 1. The molecule has 3 heterocycles. The van der Waals surface area contributed by atoms with E-state index in [0.717, 1.165) is 35.6 Å². The zero-order valence-corrected chi connectivity index (χ0v) is 17.3. The van der Waals surface area contributed by atoms with Crippen LogP contribution in [0.3, 0.4) is 0 Å². The zero-order chi connectivity index (χ0) is 21.4. The Bertz CT molecular complexity index is 1150. The van der Waals surface area contributed by atoms with Crippen molar-refractivity contribution >= 4 is 22.6 Å². The predicted octanol–water partition coefficient (Wildman–Crippen LogP) is 3.48. The number of phenols is 1. The van der Waals surface area contributed by atoms with E-state index < -0.39 is 0 Å². The molecule has 2 aromatic heterocycles. The van der Waals surface area contributed by atoms with Crippen LogP contribution in [0.4, 0.5) is 5.82 Å². The summed E-state index contributed by atoms with van der Waals surface area (Å²) >= 11 is 0. The minimum Gasteiger partial charge on any atom is -0.507 e. The molecule has 0 unspecified atom stereocenters. The van der Waals surface area contributed by atoms with Gasteiger partial charge in [0, 0.05) is 46.8 Å². The SMILES string of the molecule is COC(=O)[C@@H]1CCC[C@H](Nc2nnc(-c3ccc4c(c3O)CCO4)c3cnccc23)C1. The van der Waals surface area contributed by atoms with Crippen LogP contribution in [0.1, 0.15) is 31.2 Å². The Morgan fingerprint density at radius 2 is 2.13 bits per heavy atom. The Morgan fingerprint density at radius 3 is 3.00 bits per heavy atom. The fourth-order valence-corrected chi connectivity index (χ4v) is 4.65. The van der Waals surface area contributed by atoms with Gasteiger partial charge in [-0.1, -0.05) is 6.42 Å². The van der Waals surface area contributed by atoms with E-state index >= 15 is 0 Å². The maximum Gasteiger partial charge on any atom is 0.308 e. The molecule has 5 rings (SSSR count). The molecule has 0 radical (unpaired) electrons. The number of pyridine rings is 1. The van der Waals surface area contributed by atoms with Crippen LogP contribution in [-0.2, 0) is 16.0 Å². The monoisotopic (exact) mass is 420 g/mol. The lowest BCUT2D eigenvalue weighted by Gasteiger charge is -2.28. The minimum atomic E-state index is -0.155. The van der Waals surface area contributed by atoms with E-state index in [9.17, 15) is 9.90 Å². The van der Waals surface area contributed by atoms with Gasteiger partial charge in [0.15, 0.2) is 5.82 Å². The van der Waals surface area contributed by atoms with Crippen molar-refractivity contribution in [2.24, 2.45) is 5.92 Å². The largest absolute Gasteiger partial charge is 0.507 e. The van der Waals surface area contributed by atoms with Crippen molar-refractivity contribution in [1.82, 2.24) is 15.2 Å². The molecule has 1 aliphatic carbocycles. The number of anilines is 1. The predicted molar refractivity (Wildman–Crippen MR) is 115 cm³/mol. The lowest BCUT2D eigenvalue weighted by molar-refractivity contribution is -0.146. The Kier molecular flexibility index (Phi) is 5.05. The number of carbonyl (C=O) groups is 1. The van der Waals surface area contributed by atoms with E-state index in [2.05, 4.69) is 20.5 Å². The summed E-state index contributed by atoms with van der Waals surface area (Å²) in [5, 5.41) is 24.9. The highest BCUT2D eigenvalue weighted by molar-refractivity contribution is 6.00. The maximum atomic E-state index is 12.0. The third kappa shape index (κ3) is 3.52. The van der Waals surface area contributed by atoms with Crippen LogP contribution in [0.5, 0.6) is 11.5 Å². The van der Waals surface area contributed by atoms with Crippen LogP contribution >= 0.6 is 0 Å². The lowest BCUT2D eigenvalue weighted by atomic mass is 9.85. The highest BCUT2D eigenvalue weighted by Crippen LogP contribution is 2.42. The van der Waals surface area contributed by atoms with Gasteiger partial charge in [-0.15, -0.1) is 10.2 Å². The number of carbonyl (C=O) groups excluding carboxylic acids is 1.